The zero-order valence-corrected chi connectivity index (χ0v) is 22.2. The Balaban J connectivity index is 1.72. The summed E-state index contributed by atoms with van der Waals surface area (Å²) in [4.78, 5) is 17.5. The minimum atomic E-state index is -0.454. The first-order valence-corrected chi connectivity index (χ1v) is 12.9. The van der Waals surface area contributed by atoms with E-state index in [1.165, 1.54) is 24.0 Å². The Morgan fingerprint density at radius 2 is 1.91 bits per heavy atom. The third-order valence-electron chi connectivity index (χ3n) is 6.81. The van der Waals surface area contributed by atoms with Gasteiger partial charge in [0.2, 0.25) is 5.88 Å². The minimum Gasteiger partial charge on any atom is -0.481 e. The molecule has 2 fully saturated rings. The molecular weight excluding hydrogens is 496 g/mol. The van der Waals surface area contributed by atoms with Crippen molar-refractivity contribution in [3.63, 3.8) is 0 Å². The van der Waals surface area contributed by atoms with Gasteiger partial charge < -0.3 is 14.2 Å². The first kappa shape index (κ1) is 25.1. The Kier molecular flexibility index (Phi) is 7.65. The number of carbonyl (C=O) groups is 1. The molecular formula is C27H35BrN2O4. The number of rotatable bonds is 8. The quantitative estimate of drug-likeness (QED) is 0.451. The predicted octanol–water partition coefficient (Wildman–Crippen LogP) is 5.55. The lowest BCUT2D eigenvalue weighted by atomic mass is 9.73. The van der Waals surface area contributed by atoms with Crippen LogP contribution in [0.5, 0.6) is 5.88 Å². The summed E-state index contributed by atoms with van der Waals surface area (Å²) in [7, 11) is 1.61. The number of hydrogen-bond acceptors (Lipinski definition) is 6. The van der Waals surface area contributed by atoms with Crippen LogP contribution in [0.15, 0.2) is 41.0 Å². The number of methoxy groups -OCH3 is 1. The number of carbonyl (C=O) groups excluding carboxylic acids is 1. The molecule has 2 heterocycles. The van der Waals surface area contributed by atoms with Crippen molar-refractivity contribution in [2.24, 2.45) is 11.3 Å². The standard InChI is InChI=1S/C27H35BrN2O4/c1-6-33-26(31)23-21(27(2,3)4)24(34-15-17-13-18(28)14-29-25(17)32-5)22(30-23)20-10-8-7-9-19(20)16-11-12-16/h7-10,13-14,16,21-24,30H,6,11-12,15H2,1-5H3/t21-,22+,23+,24+/m1/s1. The SMILES string of the molecule is CCOC(=O)[C@H]1N[C@@H](c2ccccc2C2CC2)[C@@H](OCc2cc(Br)cnc2OC)[C@@H]1C(C)(C)C. The van der Waals surface area contributed by atoms with Gasteiger partial charge in [0.25, 0.3) is 0 Å². The highest BCUT2D eigenvalue weighted by atomic mass is 79.9. The van der Waals surface area contributed by atoms with E-state index in [4.69, 9.17) is 14.2 Å². The zero-order valence-electron chi connectivity index (χ0n) is 20.6. The first-order valence-electron chi connectivity index (χ1n) is 12.1. The maximum absolute atomic E-state index is 13.1. The highest BCUT2D eigenvalue weighted by Crippen LogP contribution is 2.49. The largest absolute Gasteiger partial charge is 0.481 e. The minimum absolute atomic E-state index is 0.0880. The Hall–Kier alpha value is -1.96. The first-order chi connectivity index (χ1) is 16.2. The van der Waals surface area contributed by atoms with Crippen molar-refractivity contribution in [3.8, 4) is 5.88 Å². The van der Waals surface area contributed by atoms with Crippen molar-refractivity contribution in [2.45, 2.75) is 71.2 Å². The molecule has 2 aromatic rings. The van der Waals surface area contributed by atoms with Gasteiger partial charge >= 0.3 is 5.97 Å². The molecule has 34 heavy (non-hydrogen) atoms. The van der Waals surface area contributed by atoms with Gasteiger partial charge in [-0.25, -0.2) is 4.98 Å². The van der Waals surface area contributed by atoms with Crippen LogP contribution in [0.3, 0.4) is 0 Å². The molecule has 184 valence electrons. The van der Waals surface area contributed by atoms with E-state index in [2.05, 4.69) is 71.3 Å². The Morgan fingerprint density at radius 1 is 1.21 bits per heavy atom. The van der Waals surface area contributed by atoms with Crippen molar-refractivity contribution in [3.05, 3.63) is 57.7 Å². The third kappa shape index (κ3) is 5.31. The topological polar surface area (TPSA) is 69.7 Å². The van der Waals surface area contributed by atoms with Crippen LogP contribution in [-0.2, 0) is 20.9 Å². The van der Waals surface area contributed by atoms with Crippen LogP contribution in [0.25, 0.3) is 0 Å². The molecule has 4 rings (SSSR count). The molecule has 0 amide bonds. The average molecular weight is 531 g/mol. The number of ether oxygens (including phenoxy) is 3. The molecule has 0 bridgehead atoms. The van der Waals surface area contributed by atoms with Gasteiger partial charge in [0.05, 0.1) is 32.5 Å². The van der Waals surface area contributed by atoms with Gasteiger partial charge in [0, 0.05) is 22.2 Å². The molecule has 4 atom stereocenters. The van der Waals surface area contributed by atoms with E-state index in [9.17, 15) is 4.79 Å². The third-order valence-corrected chi connectivity index (χ3v) is 7.24. The summed E-state index contributed by atoms with van der Waals surface area (Å²) >= 11 is 3.50. The fourth-order valence-electron chi connectivity index (χ4n) is 5.20. The van der Waals surface area contributed by atoms with Gasteiger partial charge in [-0.1, -0.05) is 45.0 Å². The smallest absolute Gasteiger partial charge is 0.323 e. The zero-order chi connectivity index (χ0) is 24.5. The van der Waals surface area contributed by atoms with Crippen molar-refractivity contribution >= 4 is 21.9 Å². The van der Waals surface area contributed by atoms with E-state index in [0.29, 0.717) is 25.0 Å². The molecule has 1 saturated heterocycles. The second kappa shape index (κ2) is 10.3. The highest BCUT2D eigenvalue weighted by Gasteiger charge is 2.53. The molecule has 1 aromatic heterocycles. The van der Waals surface area contributed by atoms with Gasteiger partial charge in [-0.05, 0) is 64.2 Å². The predicted molar refractivity (Wildman–Crippen MR) is 135 cm³/mol. The van der Waals surface area contributed by atoms with Crippen LogP contribution in [0.1, 0.15) is 69.2 Å². The fourth-order valence-corrected chi connectivity index (χ4v) is 5.58. The van der Waals surface area contributed by atoms with E-state index >= 15 is 0 Å². The summed E-state index contributed by atoms with van der Waals surface area (Å²) in [5, 5.41) is 3.64. The number of benzene rings is 1. The normalized spacial score (nSPS) is 24.8. The molecule has 6 nitrogen and oxygen atoms in total. The molecule has 1 saturated carbocycles. The summed E-state index contributed by atoms with van der Waals surface area (Å²) in [5.41, 5.74) is 3.24. The molecule has 0 unspecified atom stereocenters. The van der Waals surface area contributed by atoms with Crippen molar-refractivity contribution < 1.29 is 19.0 Å². The second-order valence-corrected chi connectivity index (χ2v) is 11.2. The Labute approximate surface area is 210 Å². The van der Waals surface area contributed by atoms with Crippen LogP contribution < -0.4 is 10.1 Å². The maximum Gasteiger partial charge on any atom is 0.323 e. The second-order valence-electron chi connectivity index (χ2n) is 10.3. The maximum atomic E-state index is 13.1. The molecule has 1 aromatic carbocycles. The number of pyridine rings is 1. The van der Waals surface area contributed by atoms with Crippen molar-refractivity contribution in [2.75, 3.05) is 13.7 Å². The number of halogens is 1. The monoisotopic (exact) mass is 530 g/mol. The van der Waals surface area contributed by atoms with Gasteiger partial charge in [-0.3, -0.25) is 10.1 Å². The number of nitrogens with zero attached hydrogens (tertiary/aromatic N) is 1. The molecule has 7 heteroatoms. The van der Waals surface area contributed by atoms with Crippen LogP contribution in [-0.4, -0.2) is 36.8 Å². The van der Waals surface area contributed by atoms with Crippen LogP contribution in [0.4, 0.5) is 0 Å². The van der Waals surface area contributed by atoms with Crippen LogP contribution in [0.2, 0.25) is 0 Å². The van der Waals surface area contributed by atoms with Gasteiger partial charge in [-0.15, -0.1) is 0 Å². The van der Waals surface area contributed by atoms with Crippen molar-refractivity contribution in [1.82, 2.24) is 10.3 Å². The summed E-state index contributed by atoms with van der Waals surface area (Å²) in [5.74, 6) is 0.820. The lowest BCUT2D eigenvalue weighted by Gasteiger charge is -2.35. The summed E-state index contributed by atoms with van der Waals surface area (Å²) < 4.78 is 18.5. The lowest BCUT2D eigenvalue weighted by Crippen LogP contribution is -2.44. The molecule has 0 radical (unpaired) electrons. The molecule has 1 aliphatic carbocycles. The number of esters is 1. The van der Waals surface area contributed by atoms with Gasteiger partial charge in [-0.2, -0.15) is 0 Å². The summed E-state index contributed by atoms with van der Waals surface area (Å²) in [6.45, 7) is 9.02. The van der Waals surface area contributed by atoms with E-state index in [1.54, 1.807) is 13.3 Å². The lowest BCUT2D eigenvalue weighted by molar-refractivity contribution is -0.148. The molecule has 2 aliphatic rings. The number of aromatic nitrogens is 1. The van der Waals surface area contributed by atoms with Gasteiger partial charge in [0.15, 0.2) is 0 Å². The van der Waals surface area contributed by atoms with Crippen LogP contribution in [0, 0.1) is 11.3 Å². The van der Waals surface area contributed by atoms with Crippen molar-refractivity contribution in [1.29, 1.82) is 0 Å². The van der Waals surface area contributed by atoms with E-state index < -0.39 is 6.04 Å². The van der Waals surface area contributed by atoms with E-state index in [-0.39, 0.29) is 29.4 Å². The summed E-state index contributed by atoms with van der Waals surface area (Å²) in [6, 6.07) is 9.96. The Bertz CT molecular complexity index is 1020. The average Bonchev–Trinajstić information content (AvgIpc) is 3.57. The number of nitrogens with one attached hydrogen (secondary N) is 1. The molecule has 1 N–H and O–H groups in total. The summed E-state index contributed by atoms with van der Waals surface area (Å²) in [6.07, 6.45) is 3.89. The van der Waals surface area contributed by atoms with E-state index in [1.807, 2.05) is 13.0 Å². The number of hydrogen-bond donors (Lipinski definition) is 1. The van der Waals surface area contributed by atoms with Gasteiger partial charge in [0.1, 0.15) is 6.04 Å². The highest BCUT2D eigenvalue weighted by molar-refractivity contribution is 9.10. The molecule has 0 spiro atoms. The van der Waals surface area contributed by atoms with E-state index in [0.717, 1.165) is 10.0 Å². The fraction of sp³-hybridized carbons (Fsp3) is 0.556. The van der Waals surface area contributed by atoms with Crippen LogP contribution >= 0.6 is 15.9 Å². The molecule has 1 aliphatic heterocycles. The Morgan fingerprint density at radius 3 is 2.53 bits per heavy atom.